The molecule has 1 aliphatic rings. The Hall–Kier alpha value is -2.77. The van der Waals surface area contributed by atoms with Crippen molar-refractivity contribution in [3.63, 3.8) is 0 Å². The molecular formula is C21H25NO6. The van der Waals surface area contributed by atoms with E-state index in [1.165, 1.54) is 0 Å². The van der Waals surface area contributed by atoms with Gasteiger partial charge in [0.15, 0.2) is 11.5 Å². The average molecular weight is 387 g/mol. The number of nitrogens with zero attached hydrogens (tertiary/aromatic N) is 1. The lowest BCUT2D eigenvalue weighted by Gasteiger charge is -2.41. The zero-order valence-corrected chi connectivity index (χ0v) is 16.3. The van der Waals surface area contributed by atoms with Crippen LogP contribution in [0.2, 0.25) is 0 Å². The lowest BCUT2D eigenvalue weighted by atomic mass is 9.96. The minimum atomic E-state index is -0.540. The third-order valence-corrected chi connectivity index (χ3v) is 4.86. The molecule has 0 spiro atoms. The molecule has 1 saturated heterocycles. The molecule has 0 saturated carbocycles. The van der Waals surface area contributed by atoms with E-state index in [-0.39, 0.29) is 12.5 Å². The predicted molar refractivity (Wildman–Crippen MR) is 103 cm³/mol. The number of hydrogen-bond acceptors (Lipinski definition) is 6. The summed E-state index contributed by atoms with van der Waals surface area (Å²) in [6.07, 6.45) is -0.540. The number of morpholine rings is 1. The van der Waals surface area contributed by atoms with Gasteiger partial charge in [-0.05, 0) is 35.9 Å². The summed E-state index contributed by atoms with van der Waals surface area (Å²) in [6.45, 7) is 0.553. The van der Waals surface area contributed by atoms with Gasteiger partial charge in [0.05, 0.1) is 40.6 Å². The monoisotopic (exact) mass is 387 g/mol. The van der Waals surface area contributed by atoms with Crippen LogP contribution < -0.4 is 14.2 Å². The van der Waals surface area contributed by atoms with Gasteiger partial charge in [0.25, 0.3) is 5.91 Å². The van der Waals surface area contributed by atoms with Crippen molar-refractivity contribution in [1.29, 1.82) is 0 Å². The van der Waals surface area contributed by atoms with E-state index in [1.807, 2.05) is 12.1 Å². The molecule has 2 aromatic carbocycles. The number of aliphatic hydroxyl groups excluding tert-OH is 1. The smallest absolute Gasteiger partial charge is 0.254 e. The van der Waals surface area contributed by atoms with Crippen molar-refractivity contribution in [1.82, 2.24) is 4.90 Å². The first-order valence-corrected chi connectivity index (χ1v) is 9.02. The summed E-state index contributed by atoms with van der Waals surface area (Å²) in [5.74, 6) is 1.60. The summed E-state index contributed by atoms with van der Waals surface area (Å²) in [6, 6.07) is 12.0. The van der Waals surface area contributed by atoms with Crippen LogP contribution in [0.25, 0.3) is 0 Å². The van der Waals surface area contributed by atoms with Crippen molar-refractivity contribution < 1.29 is 28.8 Å². The summed E-state index contributed by atoms with van der Waals surface area (Å²) in [7, 11) is 4.69. The molecule has 0 bridgehead atoms. The maximum atomic E-state index is 13.3. The van der Waals surface area contributed by atoms with E-state index in [0.29, 0.717) is 36.0 Å². The lowest BCUT2D eigenvalue weighted by molar-refractivity contribution is -0.0811. The minimum Gasteiger partial charge on any atom is -0.497 e. The molecule has 0 unspecified atom stereocenters. The van der Waals surface area contributed by atoms with Crippen LogP contribution in [0.4, 0.5) is 0 Å². The number of hydrogen-bond donors (Lipinski definition) is 1. The van der Waals surface area contributed by atoms with Crippen LogP contribution in [0.5, 0.6) is 17.2 Å². The molecule has 2 atom stereocenters. The Bertz CT molecular complexity index is 824. The van der Waals surface area contributed by atoms with Crippen LogP contribution in [0.3, 0.4) is 0 Å². The molecule has 2 aromatic rings. The second kappa shape index (κ2) is 8.95. The molecule has 1 heterocycles. The number of amides is 1. The molecule has 1 aliphatic heterocycles. The first-order valence-electron chi connectivity index (χ1n) is 9.02. The van der Waals surface area contributed by atoms with Crippen LogP contribution in [0.15, 0.2) is 42.5 Å². The molecule has 7 nitrogen and oxygen atoms in total. The summed E-state index contributed by atoms with van der Waals surface area (Å²) in [4.78, 5) is 15.0. The minimum absolute atomic E-state index is 0.152. The van der Waals surface area contributed by atoms with Gasteiger partial charge in [-0.3, -0.25) is 4.79 Å². The fraction of sp³-hybridized carbons (Fsp3) is 0.381. The van der Waals surface area contributed by atoms with E-state index in [0.717, 1.165) is 5.56 Å². The second-order valence-corrected chi connectivity index (χ2v) is 6.38. The zero-order valence-electron chi connectivity index (χ0n) is 16.3. The molecule has 1 N–H and O–H groups in total. The number of carbonyl (C=O) groups excluding carboxylic acids is 1. The lowest BCUT2D eigenvalue weighted by Crippen LogP contribution is -2.49. The van der Waals surface area contributed by atoms with Gasteiger partial charge in [0, 0.05) is 12.1 Å². The number of rotatable bonds is 6. The highest BCUT2D eigenvalue weighted by atomic mass is 16.5. The molecule has 0 aromatic heterocycles. The molecule has 7 heteroatoms. The quantitative estimate of drug-likeness (QED) is 0.820. The summed E-state index contributed by atoms with van der Waals surface area (Å²) >= 11 is 0. The van der Waals surface area contributed by atoms with Crippen molar-refractivity contribution in [3.05, 3.63) is 53.6 Å². The molecule has 0 radical (unpaired) electrons. The first-order chi connectivity index (χ1) is 13.6. The highest BCUT2D eigenvalue weighted by Gasteiger charge is 2.37. The van der Waals surface area contributed by atoms with Gasteiger partial charge in [0.2, 0.25) is 0 Å². The Kier molecular flexibility index (Phi) is 6.38. The topological polar surface area (TPSA) is 77.5 Å². The number of ether oxygens (including phenoxy) is 4. The SMILES string of the molecule is COc1cccc(C(=O)N2CCO[C@H](CO)[C@H]2c2ccc(OC)c(OC)c2)c1. The van der Waals surface area contributed by atoms with E-state index in [1.54, 1.807) is 56.6 Å². The predicted octanol–water partition coefficient (Wildman–Crippen LogP) is 2.29. The highest BCUT2D eigenvalue weighted by molar-refractivity contribution is 5.95. The van der Waals surface area contributed by atoms with Crippen molar-refractivity contribution >= 4 is 5.91 Å². The Morgan fingerprint density at radius 2 is 1.89 bits per heavy atom. The van der Waals surface area contributed by atoms with E-state index >= 15 is 0 Å². The summed E-state index contributed by atoms with van der Waals surface area (Å²) < 4.78 is 21.7. The van der Waals surface area contributed by atoms with Gasteiger partial charge in [-0.2, -0.15) is 0 Å². The molecule has 150 valence electrons. The van der Waals surface area contributed by atoms with E-state index < -0.39 is 12.1 Å². The van der Waals surface area contributed by atoms with Gasteiger partial charge >= 0.3 is 0 Å². The van der Waals surface area contributed by atoms with Crippen molar-refractivity contribution in [2.75, 3.05) is 41.1 Å². The first kappa shape index (κ1) is 20.0. The van der Waals surface area contributed by atoms with Gasteiger partial charge in [-0.25, -0.2) is 0 Å². The fourth-order valence-electron chi connectivity index (χ4n) is 3.47. The van der Waals surface area contributed by atoms with Crippen molar-refractivity contribution in [2.45, 2.75) is 12.1 Å². The third kappa shape index (κ3) is 3.90. The van der Waals surface area contributed by atoms with Crippen LogP contribution >= 0.6 is 0 Å². The second-order valence-electron chi connectivity index (χ2n) is 6.38. The maximum Gasteiger partial charge on any atom is 0.254 e. The largest absolute Gasteiger partial charge is 0.497 e. The molecule has 1 fully saturated rings. The third-order valence-electron chi connectivity index (χ3n) is 4.86. The van der Waals surface area contributed by atoms with Gasteiger partial charge in [0.1, 0.15) is 11.9 Å². The Morgan fingerprint density at radius 3 is 2.57 bits per heavy atom. The molecule has 3 rings (SSSR count). The van der Waals surface area contributed by atoms with Crippen molar-refractivity contribution in [3.8, 4) is 17.2 Å². The number of aliphatic hydroxyl groups is 1. The van der Waals surface area contributed by atoms with E-state index in [9.17, 15) is 9.90 Å². The number of benzene rings is 2. The molecule has 1 amide bonds. The molecular weight excluding hydrogens is 362 g/mol. The summed E-state index contributed by atoms with van der Waals surface area (Å²) in [5, 5.41) is 9.86. The zero-order chi connectivity index (χ0) is 20.1. The Labute approximate surface area is 164 Å². The maximum absolute atomic E-state index is 13.3. The van der Waals surface area contributed by atoms with Gasteiger partial charge in [-0.1, -0.05) is 12.1 Å². The van der Waals surface area contributed by atoms with Crippen LogP contribution in [-0.2, 0) is 4.74 Å². The average Bonchev–Trinajstić information content (AvgIpc) is 2.77. The van der Waals surface area contributed by atoms with Crippen LogP contribution in [0, 0.1) is 0 Å². The van der Waals surface area contributed by atoms with Gasteiger partial charge in [-0.15, -0.1) is 0 Å². The van der Waals surface area contributed by atoms with E-state index in [4.69, 9.17) is 18.9 Å². The normalized spacial score (nSPS) is 19.2. The van der Waals surface area contributed by atoms with Crippen molar-refractivity contribution in [2.24, 2.45) is 0 Å². The van der Waals surface area contributed by atoms with Gasteiger partial charge < -0.3 is 29.0 Å². The Balaban J connectivity index is 2.00. The fourth-order valence-corrected chi connectivity index (χ4v) is 3.47. The highest BCUT2D eigenvalue weighted by Crippen LogP contribution is 2.36. The molecule has 0 aliphatic carbocycles. The number of methoxy groups -OCH3 is 3. The molecule has 28 heavy (non-hydrogen) atoms. The van der Waals surface area contributed by atoms with Crippen LogP contribution in [0.1, 0.15) is 22.0 Å². The number of carbonyl (C=O) groups is 1. The Morgan fingerprint density at radius 1 is 1.11 bits per heavy atom. The van der Waals surface area contributed by atoms with Crippen LogP contribution in [-0.4, -0.2) is 63.1 Å². The summed E-state index contributed by atoms with van der Waals surface area (Å²) in [5.41, 5.74) is 1.32. The standard InChI is InChI=1S/C21H25NO6/c1-25-16-6-4-5-15(11-16)21(24)22-9-10-28-19(13-23)20(22)14-7-8-17(26-2)18(12-14)27-3/h4-8,11-12,19-20,23H,9-10,13H2,1-3H3/t19-,20-/m1/s1. The van der Waals surface area contributed by atoms with E-state index in [2.05, 4.69) is 0 Å².